The number of carbonyl (C=O) groups excluding carboxylic acids is 1. The molecule has 32 heavy (non-hydrogen) atoms. The minimum absolute atomic E-state index is 0.0506. The van der Waals surface area contributed by atoms with Gasteiger partial charge in [-0.05, 0) is 55.2 Å². The van der Waals surface area contributed by atoms with E-state index in [1.165, 1.54) is 18.4 Å². The summed E-state index contributed by atoms with van der Waals surface area (Å²) in [6.45, 7) is 3.88. The zero-order valence-electron chi connectivity index (χ0n) is 18.0. The normalized spacial score (nSPS) is 20.9. The molecule has 7 nitrogen and oxygen atoms in total. The van der Waals surface area contributed by atoms with Crippen LogP contribution in [0.1, 0.15) is 60.3 Å². The first kappa shape index (κ1) is 19.3. The molecule has 1 atom stereocenters. The third-order valence-corrected chi connectivity index (χ3v) is 7.19. The van der Waals surface area contributed by atoms with Crippen molar-refractivity contribution in [3.8, 4) is 22.8 Å². The zero-order chi connectivity index (χ0) is 21.7. The molecule has 0 bridgehead atoms. The molecule has 1 spiro atoms. The maximum Gasteiger partial charge on any atom is 0.276 e. The molecule has 3 aliphatic rings. The van der Waals surface area contributed by atoms with Crippen molar-refractivity contribution in [2.75, 3.05) is 19.8 Å². The van der Waals surface area contributed by atoms with E-state index in [4.69, 9.17) is 14.0 Å². The standard InChI is InChI=1S/C25H25N3O4/c1-16-18-12-22-23(31-11-10-30-22)13-19(18)25(6-2-3-7-25)15-28(16)24(29)20-14-21(32-27-20)17-4-8-26-9-5-17/h4-5,8-9,12-14,16H,2-3,6-7,10-11,15H2,1H3. The fourth-order valence-electron chi connectivity index (χ4n) is 5.53. The van der Waals surface area contributed by atoms with Gasteiger partial charge in [-0.15, -0.1) is 0 Å². The van der Waals surface area contributed by atoms with Crippen LogP contribution in [0.5, 0.6) is 11.5 Å². The number of carbonyl (C=O) groups is 1. The van der Waals surface area contributed by atoms with Crippen molar-refractivity contribution in [1.82, 2.24) is 15.0 Å². The number of amides is 1. The summed E-state index contributed by atoms with van der Waals surface area (Å²) in [4.78, 5) is 19.6. The Labute approximate surface area is 186 Å². The highest BCUT2D eigenvalue weighted by Crippen LogP contribution is 2.52. The Hall–Kier alpha value is -3.35. The highest BCUT2D eigenvalue weighted by molar-refractivity contribution is 5.93. The van der Waals surface area contributed by atoms with Gasteiger partial charge >= 0.3 is 0 Å². The Morgan fingerprint density at radius 3 is 2.53 bits per heavy atom. The first-order valence-electron chi connectivity index (χ1n) is 11.3. The number of hydrogen-bond donors (Lipinski definition) is 0. The average Bonchev–Trinajstić information content (AvgIpc) is 3.52. The van der Waals surface area contributed by atoms with Crippen LogP contribution in [0, 0.1) is 0 Å². The predicted molar refractivity (Wildman–Crippen MR) is 117 cm³/mol. The summed E-state index contributed by atoms with van der Waals surface area (Å²) in [7, 11) is 0. The summed E-state index contributed by atoms with van der Waals surface area (Å²) in [6.07, 6.45) is 7.86. The Morgan fingerprint density at radius 1 is 1.06 bits per heavy atom. The molecule has 1 unspecified atom stereocenters. The molecule has 1 aromatic carbocycles. The van der Waals surface area contributed by atoms with Gasteiger partial charge in [0.2, 0.25) is 0 Å². The number of nitrogens with zero attached hydrogens (tertiary/aromatic N) is 3. The summed E-state index contributed by atoms with van der Waals surface area (Å²) in [5, 5.41) is 4.11. The summed E-state index contributed by atoms with van der Waals surface area (Å²) < 4.78 is 17.2. The van der Waals surface area contributed by atoms with Crippen molar-refractivity contribution < 1.29 is 18.8 Å². The fourth-order valence-corrected chi connectivity index (χ4v) is 5.53. The molecule has 0 N–H and O–H groups in total. The van der Waals surface area contributed by atoms with Crippen molar-refractivity contribution in [2.45, 2.75) is 44.1 Å². The molecular weight excluding hydrogens is 406 g/mol. The van der Waals surface area contributed by atoms with Crippen LogP contribution in [0.25, 0.3) is 11.3 Å². The van der Waals surface area contributed by atoms with Gasteiger partial charge in [0.1, 0.15) is 13.2 Å². The number of benzene rings is 1. The van der Waals surface area contributed by atoms with Crippen LogP contribution >= 0.6 is 0 Å². The first-order valence-corrected chi connectivity index (χ1v) is 11.3. The number of fused-ring (bicyclic) bond motifs is 3. The lowest BCUT2D eigenvalue weighted by Gasteiger charge is -2.46. The van der Waals surface area contributed by atoms with Gasteiger partial charge < -0.3 is 18.9 Å². The van der Waals surface area contributed by atoms with E-state index in [1.807, 2.05) is 17.0 Å². The van der Waals surface area contributed by atoms with Gasteiger partial charge in [0.25, 0.3) is 5.91 Å². The van der Waals surface area contributed by atoms with Gasteiger partial charge in [-0.1, -0.05) is 18.0 Å². The molecule has 1 amide bonds. The smallest absolute Gasteiger partial charge is 0.276 e. The molecule has 2 aromatic heterocycles. The maximum absolute atomic E-state index is 13.6. The molecular formula is C25H25N3O4. The van der Waals surface area contributed by atoms with Gasteiger partial charge in [0.15, 0.2) is 23.0 Å². The second-order valence-corrected chi connectivity index (χ2v) is 8.99. The quantitative estimate of drug-likeness (QED) is 0.593. The van der Waals surface area contributed by atoms with Gasteiger partial charge in [0.05, 0.1) is 6.04 Å². The molecule has 1 saturated carbocycles. The van der Waals surface area contributed by atoms with Gasteiger partial charge in [-0.2, -0.15) is 0 Å². The van der Waals surface area contributed by atoms with E-state index < -0.39 is 0 Å². The zero-order valence-corrected chi connectivity index (χ0v) is 18.0. The van der Waals surface area contributed by atoms with E-state index in [0.29, 0.717) is 31.2 Å². The summed E-state index contributed by atoms with van der Waals surface area (Å²) in [6, 6.07) is 9.57. The second-order valence-electron chi connectivity index (χ2n) is 8.99. The molecule has 3 aromatic rings. The van der Waals surface area contributed by atoms with E-state index in [9.17, 15) is 4.79 Å². The molecule has 0 saturated heterocycles. The lowest BCUT2D eigenvalue weighted by atomic mass is 9.71. The molecule has 2 aliphatic heterocycles. The maximum atomic E-state index is 13.6. The molecule has 1 aliphatic carbocycles. The van der Waals surface area contributed by atoms with Crippen molar-refractivity contribution in [1.29, 1.82) is 0 Å². The van der Waals surface area contributed by atoms with Crippen molar-refractivity contribution in [3.05, 3.63) is 59.5 Å². The summed E-state index contributed by atoms with van der Waals surface area (Å²) >= 11 is 0. The van der Waals surface area contributed by atoms with E-state index in [2.05, 4.69) is 29.2 Å². The molecule has 7 heteroatoms. The first-order chi connectivity index (χ1) is 15.6. The highest BCUT2D eigenvalue weighted by Gasteiger charge is 2.46. The largest absolute Gasteiger partial charge is 0.486 e. The number of aromatic nitrogens is 2. The van der Waals surface area contributed by atoms with Crippen molar-refractivity contribution >= 4 is 5.91 Å². The van der Waals surface area contributed by atoms with E-state index >= 15 is 0 Å². The van der Waals surface area contributed by atoms with Crippen LogP contribution in [0.2, 0.25) is 0 Å². The molecule has 6 rings (SSSR count). The van der Waals surface area contributed by atoms with Gasteiger partial charge in [0, 0.05) is 36.0 Å². The van der Waals surface area contributed by atoms with Gasteiger partial charge in [-0.25, -0.2) is 0 Å². The Bertz CT molecular complexity index is 1170. The van der Waals surface area contributed by atoms with Gasteiger partial charge in [-0.3, -0.25) is 9.78 Å². The Morgan fingerprint density at radius 2 is 1.78 bits per heavy atom. The predicted octanol–water partition coefficient (Wildman–Crippen LogP) is 4.54. The lowest BCUT2D eigenvalue weighted by Crippen LogP contribution is -2.48. The number of pyridine rings is 1. The van der Waals surface area contributed by atoms with Crippen LogP contribution in [0.3, 0.4) is 0 Å². The second kappa shape index (κ2) is 7.36. The Balaban J connectivity index is 1.38. The van der Waals surface area contributed by atoms with Crippen LogP contribution in [-0.2, 0) is 5.41 Å². The number of ether oxygens (including phenoxy) is 2. The Kier molecular flexibility index (Phi) is 4.45. The van der Waals surface area contributed by atoms with Crippen molar-refractivity contribution in [2.24, 2.45) is 0 Å². The highest BCUT2D eigenvalue weighted by atomic mass is 16.6. The lowest BCUT2D eigenvalue weighted by molar-refractivity contribution is 0.0582. The minimum Gasteiger partial charge on any atom is -0.486 e. The van der Waals surface area contributed by atoms with E-state index in [-0.39, 0.29) is 17.4 Å². The molecule has 0 radical (unpaired) electrons. The van der Waals surface area contributed by atoms with E-state index in [1.54, 1.807) is 18.5 Å². The molecule has 164 valence electrons. The van der Waals surface area contributed by atoms with Crippen LogP contribution in [0.4, 0.5) is 0 Å². The minimum atomic E-state index is -0.103. The van der Waals surface area contributed by atoms with Crippen LogP contribution < -0.4 is 9.47 Å². The van der Waals surface area contributed by atoms with E-state index in [0.717, 1.165) is 35.5 Å². The number of hydrogen-bond acceptors (Lipinski definition) is 6. The molecule has 1 fully saturated rings. The fraction of sp³-hybridized carbons (Fsp3) is 0.400. The van der Waals surface area contributed by atoms with Crippen LogP contribution in [0.15, 0.2) is 47.2 Å². The third-order valence-electron chi connectivity index (χ3n) is 7.19. The third kappa shape index (κ3) is 2.98. The van der Waals surface area contributed by atoms with Crippen molar-refractivity contribution in [3.63, 3.8) is 0 Å². The number of rotatable bonds is 2. The monoisotopic (exact) mass is 431 g/mol. The summed E-state index contributed by atoms with van der Waals surface area (Å²) in [5.74, 6) is 2.06. The topological polar surface area (TPSA) is 77.7 Å². The summed E-state index contributed by atoms with van der Waals surface area (Å²) in [5.41, 5.74) is 3.59. The SMILES string of the molecule is CC1c2cc3c(cc2C2(CCCC2)CN1C(=O)c1cc(-c2ccncc2)on1)OCCO3. The van der Waals surface area contributed by atoms with Crippen LogP contribution in [-0.4, -0.2) is 40.7 Å². The molecule has 4 heterocycles. The average molecular weight is 431 g/mol.